The van der Waals surface area contributed by atoms with Crippen molar-refractivity contribution in [1.29, 1.82) is 5.26 Å². The Morgan fingerprint density at radius 2 is 1.97 bits per heavy atom. The summed E-state index contributed by atoms with van der Waals surface area (Å²) >= 11 is 1.34. The number of benzene rings is 2. The SMILES string of the molecule is CCCCn1cc(C=C(C#N)C(=O)Nc2nc(-c3ccccc3)cs2)c2ccccc21. The Bertz CT molecular complexity index is 1280. The van der Waals surface area contributed by atoms with Crippen LogP contribution < -0.4 is 5.32 Å². The molecule has 0 saturated heterocycles. The molecule has 0 atom stereocenters. The first-order chi connectivity index (χ1) is 15.2. The lowest BCUT2D eigenvalue weighted by Gasteiger charge is -2.02. The lowest BCUT2D eigenvalue weighted by Crippen LogP contribution is -2.13. The zero-order valence-electron chi connectivity index (χ0n) is 17.2. The van der Waals surface area contributed by atoms with Crippen molar-refractivity contribution < 1.29 is 4.79 Å². The van der Waals surface area contributed by atoms with Gasteiger partial charge in [0.2, 0.25) is 0 Å². The van der Waals surface area contributed by atoms with Gasteiger partial charge in [0.1, 0.15) is 11.6 Å². The maximum Gasteiger partial charge on any atom is 0.268 e. The van der Waals surface area contributed by atoms with E-state index in [2.05, 4.69) is 27.9 Å². The molecule has 0 aliphatic rings. The van der Waals surface area contributed by atoms with Crippen LogP contribution in [0.15, 0.2) is 71.7 Å². The minimum Gasteiger partial charge on any atom is -0.347 e. The minimum absolute atomic E-state index is 0.0508. The van der Waals surface area contributed by atoms with Crippen LogP contribution in [0.5, 0.6) is 0 Å². The summed E-state index contributed by atoms with van der Waals surface area (Å²) in [5.41, 5.74) is 3.79. The van der Waals surface area contributed by atoms with Crippen molar-refractivity contribution in [2.45, 2.75) is 26.3 Å². The van der Waals surface area contributed by atoms with Crippen LogP contribution in [-0.4, -0.2) is 15.5 Å². The summed E-state index contributed by atoms with van der Waals surface area (Å²) in [4.78, 5) is 17.2. The molecule has 0 saturated carbocycles. The highest BCUT2D eigenvalue weighted by Crippen LogP contribution is 2.26. The second-order valence-electron chi connectivity index (χ2n) is 7.18. The molecule has 4 aromatic rings. The van der Waals surface area contributed by atoms with Crippen molar-refractivity contribution in [3.05, 3.63) is 77.3 Å². The smallest absolute Gasteiger partial charge is 0.268 e. The number of unbranched alkanes of at least 4 members (excludes halogenated alkanes) is 1. The van der Waals surface area contributed by atoms with E-state index in [9.17, 15) is 10.1 Å². The Balaban J connectivity index is 1.59. The Morgan fingerprint density at radius 1 is 1.19 bits per heavy atom. The van der Waals surface area contributed by atoms with Gasteiger partial charge in [-0.1, -0.05) is 61.9 Å². The number of nitrogens with one attached hydrogen (secondary N) is 1. The quantitative estimate of drug-likeness (QED) is 0.286. The predicted molar refractivity (Wildman–Crippen MR) is 127 cm³/mol. The molecule has 1 N–H and O–H groups in total. The number of hydrogen-bond acceptors (Lipinski definition) is 4. The predicted octanol–water partition coefficient (Wildman–Crippen LogP) is 6.11. The van der Waals surface area contributed by atoms with E-state index < -0.39 is 5.91 Å². The van der Waals surface area contributed by atoms with Crippen molar-refractivity contribution in [2.24, 2.45) is 0 Å². The first kappa shape index (κ1) is 20.6. The van der Waals surface area contributed by atoms with Crippen LogP contribution in [0.1, 0.15) is 25.3 Å². The van der Waals surface area contributed by atoms with Gasteiger partial charge in [0.25, 0.3) is 5.91 Å². The fraction of sp³-hybridized carbons (Fsp3) is 0.160. The molecule has 1 amide bonds. The molecule has 0 radical (unpaired) electrons. The maximum atomic E-state index is 12.8. The van der Waals surface area contributed by atoms with E-state index in [1.807, 2.05) is 66.2 Å². The number of para-hydroxylation sites is 1. The average Bonchev–Trinajstić information content (AvgIpc) is 3.41. The highest BCUT2D eigenvalue weighted by molar-refractivity contribution is 7.14. The van der Waals surface area contributed by atoms with Crippen molar-refractivity contribution in [3.63, 3.8) is 0 Å². The fourth-order valence-electron chi connectivity index (χ4n) is 3.44. The van der Waals surface area contributed by atoms with Crippen LogP contribution in [0.25, 0.3) is 28.2 Å². The van der Waals surface area contributed by atoms with Gasteiger partial charge in [0.15, 0.2) is 5.13 Å². The molecule has 0 fully saturated rings. The van der Waals surface area contributed by atoms with Crippen LogP contribution in [-0.2, 0) is 11.3 Å². The number of thiazole rings is 1. The number of amides is 1. The largest absolute Gasteiger partial charge is 0.347 e. The first-order valence-electron chi connectivity index (χ1n) is 10.2. The summed E-state index contributed by atoms with van der Waals surface area (Å²) in [5.74, 6) is -0.457. The number of nitrogens with zero attached hydrogens (tertiary/aromatic N) is 3. The molecule has 6 heteroatoms. The Labute approximate surface area is 185 Å². The summed E-state index contributed by atoms with van der Waals surface area (Å²) in [6.07, 6.45) is 5.84. The van der Waals surface area contributed by atoms with E-state index in [4.69, 9.17) is 0 Å². The summed E-state index contributed by atoms with van der Waals surface area (Å²) in [5, 5.41) is 15.8. The number of rotatable bonds is 7. The highest BCUT2D eigenvalue weighted by Gasteiger charge is 2.14. The van der Waals surface area contributed by atoms with Gasteiger partial charge < -0.3 is 4.57 Å². The molecule has 2 heterocycles. The molecule has 0 aliphatic heterocycles. The van der Waals surface area contributed by atoms with Crippen LogP contribution >= 0.6 is 11.3 Å². The Kier molecular flexibility index (Phi) is 6.25. The van der Waals surface area contributed by atoms with Crippen LogP contribution in [0, 0.1) is 11.3 Å². The lowest BCUT2D eigenvalue weighted by atomic mass is 10.1. The van der Waals surface area contributed by atoms with Gasteiger partial charge in [0.05, 0.1) is 5.69 Å². The topological polar surface area (TPSA) is 70.7 Å². The van der Waals surface area contributed by atoms with Gasteiger partial charge >= 0.3 is 0 Å². The highest BCUT2D eigenvalue weighted by atomic mass is 32.1. The molecule has 154 valence electrons. The van der Waals surface area contributed by atoms with Gasteiger partial charge in [-0.15, -0.1) is 11.3 Å². The summed E-state index contributed by atoms with van der Waals surface area (Å²) in [7, 11) is 0. The monoisotopic (exact) mass is 426 g/mol. The van der Waals surface area contributed by atoms with E-state index in [0.29, 0.717) is 5.13 Å². The maximum absolute atomic E-state index is 12.8. The number of carbonyl (C=O) groups is 1. The lowest BCUT2D eigenvalue weighted by molar-refractivity contribution is -0.112. The van der Waals surface area contributed by atoms with Crippen molar-refractivity contribution in [1.82, 2.24) is 9.55 Å². The van der Waals surface area contributed by atoms with Crippen molar-refractivity contribution in [2.75, 3.05) is 5.32 Å². The van der Waals surface area contributed by atoms with Crippen molar-refractivity contribution in [3.8, 4) is 17.3 Å². The molecule has 0 bridgehead atoms. The Morgan fingerprint density at radius 3 is 2.74 bits per heavy atom. The molecular weight excluding hydrogens is 404 g/mol. The second-order valence-corrected chi connectivity index (χ2v) is 8.03. The first-order valence-corrected chi connectivity index (χ1v) is 11.1. The third kappa shape index (κ3) is 4.57. The zero-order chi connectivity index (χ0) is 21.6. The fourth-order valence-corrected chi connectivity index (χ4v) is 4.16. The third-order valence-electron chi connectivity index (χ3n) is 5.03. The van der Waals surface area contributed by atoms with Crippen LogP contribution in [0.3, 0.4) is 0 Å². The van der Waals surface area contributed by atoms with Gasteiger partial charge in [-0.05, 0) is 18.6 Å². The normalized spacial score (nSPS) is 11.4. The van der Waals surface area contributed by atoms with Gasteiger partial charge in [0, 0.05) is 40.2 Å². The molecule has 0 aliphatic carbocycles. The molecule has 2 aromatic carbocycles. The summed E-state index contributed by atoms with van der Waals surface area (Å²) in [6, 6.07) is 19.9. The van der Waals surface area contributed by atoms with E-state index in [1.54, 1.807) is 6.08 Å². The number of fused-ring (bicyclic) bond motifs is 1. The average molecular weight is 427 g/mol. The Hall–Kier alpha value is -3.69. The number of aromatic nitrogens is 2. The zero-order valence-corrected chi connectivity index (χ0v) is 18.0. The molecule has 0 spiro atoms. The van der Waals surface area contributed by atoms with Gasteiger partial charge in [-0.25, -0.2) is 4.98 Å². The summed E-state index contributed by atoms with van der Waals surface area (Å²) < 4.78 is 2.19. The van der Waals surface area contributed by atoms with E-state index in [0.717, 1.165) is 47.1 Å². The summed E-state index contributed by atoms with van der Waals surface area (Å²) in [6.45, 7) is 3.06. The van der Waals surface area contributed by atoms with E-state index >= 15 is 0 Å². The minimum atomic E-state index is -0.457. The molecule has 31 heavy (non-hydrogen) atoms. The van der Waals surface area contributed by atoms with Crippen LogP contribution in [0.2, 0.25) is 0 Å². The number of nitriles is 1. The number of aryl methyl sites for hydroxylation is 1. The standard InChI is InChI=1S/C25H22N4OS/c1-2-3-13-29-16-20(21-11-7-8-12-23(21)29)14-19(15-26)24(30)28-25-27-22(17-31-25)18-9-5-4-6-10-18/h4-12,14,16-17H,2-3,13H2,1H3,(H,27,28,30). The van der Waals surface area contributed by atoms with E-state index in [-0.39, 0.29) is 5.57 Å². The second kappa shape index (κ2) is 9.41. The third-order valence-corrected chi connectivity index (χ3v) is 5.79. The number of anilines is 1. The number of carbonyl (C=O) groups excluding carboxylic acids is 1. The molecule has 4 rings (SSSR count). The van der Waals surface area contributed by atoms with E-state index in [1.165, 1.54) is 11.3 Å². The number of hydrogen-bond donors (Lipinski definition) is 1. The van der Waals surface area contributed by atoms with Gasteiger partial charge in [-0.2, -0.15) is 5.26 Å². The van der Waals surface area contributed by atoms with Crippen LogP contribution in [0.4, 0.5) is 5.13 Å². The van der Waals surface area contributed by atoms with Gasteiger partial charge in [-0.3, -0.25) is 10.1 Å². The molecular formula is C25H22N4OS. The van der Waals surface area contributed by atoms with Crippen molar-refractivity contribution >= 4 is 39.4 Å². The molecule has 0 unspecified atom stereocenters. The molecule has 5 nitrogen and oxygen atoms in total. The molecule has 2 aromatic heterocycles.